The number of thiol groups is 1. The summed E-state index contributed by atoms with van der Waals surface area (Å²) in [5.41, 5.74) is 8.15. The maximum Gasteiger partial charge on any atom is 0.298 e. The normalized spacial score (nSPS) is 20.2. The first-order chi connectivity index (χ1) is 19.1. The lowest BCUT2D eigenvalue weighted by Crippen LogP contribution is -2.45. The molecule has 0 radical (unpaired) electrons. The molecule has 3 aromatic carbocycles. The van der Waals surface area contributed by atoms with Crippen LogP contribution >= 0.6 is 12.6 Å². The van der Waals surface area contributed by atoms with E-state index in [9.17, 15) is 4.79 Å². The molecule has 1 saturated carbocycles. The van der Waals surface area contributed by atoms with Crippen LogP contribution in [-0.4, -0.2) is 25.8 Å². The summed E-state index contributed by atoms with van der Waals surface area (Å²) in [5, 5.41) is 2.24. The van der Waals surface area contributed by atoms with Crippen LogP contribution < -0.4 is 9.64 Å². The van der Waals surface area contributed by atoms with Crippen molar-refractivity contribution in [2.24, 2.45) is 10.9 Å². The number of carbonyl (C=O) groups is 1. The lowest BCUT2D eigenvalue weighted by molar-refractivity contribution is -0.120. The van der Waals surface area contributed by atoms with Gasteiger partial charge >= 0.3 is 0 Å². The van der Waals surface area contributed by atoms with Crippen LogP contribution in [0.2, 0.25) is 0 Å². The number of ether oxygens (including phenoxy) is 1. The molecule has 6 rings (SSSR count). The molecule has 40 heavy (non-hydrogen) atoms. The highest BCUT2D eigenvalue weighted by Crippen LogP contribution is 2.56. The predicted octanol–water partition coefficient (Wildman–Crippen LogP) is 8.81. The van der Waals surface area contributed by atoms with Gasteiger partial charge in [-0.2, -0.15) is 0 Å². The standard InChI is InChI=1S/C35H40N2O2S/c1-22(20-36-31-25-12-7-6-9-23(25)13-14-28(31)40)29(24-10-8-11-24)26-19-27-32-30(33(26)39-21-38)35(4,5)16-18-37(32)17-15-34(27,2)3/h6-7,9,12-14,19-21,24,40H,8,10-11,15-18H2,1-5H3/b29-22+,36-20?. The molecule has 208 valence electrons. The molecule has 0 N–H and O–H groups in total. The second-order valence-electron chi connectivity index (χ2n) is 13.1. The van der Waals surface area contributed by atoms with E-state index in [2.05, 4.69) is 69.9 Å². The highest BCUT2D eigenvalue weighted by molar-refractivity contribution is 7.80. The summed E-state index contributed by atoms with van der Waals surface area (Å²) in [7, 11) is 0. The van der Waals surface area contributed by atoms with E-state index in [0.29, 0.717) is 12.4 Å². The molecule has 3 aromatic rings. The molecule has 2 aliphatic heterocycles. The summed E-state index contributed by atoms with van der Waals surface area (Å²) in [6.45, 7) is 14.2. The van der Waals surface area contributed by atoms with Gasteiger partial charge in [-0.1, -0.05) is 64.4 Å². The predicted molar refractivity (Wildman–Crippen MR) is 170 cm³/mol. The minimum Gasteiger partial charge on any atom is -0.428 e. The zero-order valence-corrected chi connectivity index (χ0v) is 25.3. The van der Waals surface area contributed by atoms with Gasteiger partial charge in [-0.15, -0.1) is 12.6 Å². The van der Waals surface area contributed by atoms with Crippen molar-refractivity contribution in [1.82, 2.24) is 0 Å². The highest BCUT2D eigenvalue weighted by atomic mass is 32.1. The Kier molecular flexibility index (Phi) is 6.85. The Morgan fingerprint density at radius 2 is 1.77 bits per heavy atom. The summed E-state index contributed by atoms with van der Waals surface area (Å²) in [6.07, 6.45) is 7.65. The molecule has 0 aromatic heterocycles. The lowest BCUT2D eigenvalue weighted by Gasteiger charge is -2.49. The number of hydrogen-bond acceptors (Lipinski definition) is 5. The number of benzene rings is 3. The molecule has 1 fully saturated rings. The molecule has 0 unspecified atom stereocenters. The van der Waals surface area contributed by atoms with E-state index < -0.39 is 0 Å². The zero-order chi connectivity index (χ0) is 28.2. The first kappa shape index (κ1) is 27.1. The van der Waals surface area contributed by atoms with Crippen LogP contribution in [0.15, 0.2) is 57.9 Å². The van der Waals surface area contributed by atoms with Crippen molar-refractivity contribution in [3.63, 3.8) is 0 Å². The Balaban J connectivity index is 1.59. The Hall–Kier alpha value is -3.05. The van der Waals surface area contributed by atoms with Gasteiger partial charge in [-0.25, -0.2) is 0 Å². The topological polar surface area (TPSA) is 41.9 Å². The van der Waals surface area contributed by atoms with Crippen molar-refractivity contribution in [3.8, 4) is 5.75 Å². The van der Waals surface area contributed by atoms with Crippen molar-refractivity contribution in [2.45, 2.75) is 82.4 Å². The van der Waals surface area contributed by atoms with Gasteiger partial charge < -0.3 is 9.64 Å². The number of aliphatic imine (C=N–C) groups is 1. The molecule has 0 spiro atoms. The number of hydrogen-bond donors (Lipinski definition) is 1. The van der Waals surface area contributed by atoms with E-state index in [0.717, 1.165) is 77.0 Å². The Morgan fingerprint density at radius 1 is 1.05 bits per heavy atom. The summed E-state index contributed by atoms with van der Waals surface area (Å²) >= 11 is 4.75. The molecular formula is C35H40N2O2S. The van der Waals surface area contributed by atoms with E-state index in [1.165, 1.54) is 28.8 Å². The van der Waals surface area contributed by atoms with Crippen molar-refractivity contribution in [1.29, 1.82) is 0 Å². The zero-order valence-electron chi connectivity index (χ0n) is 24.4. The van der Waals surface area contributed by atoms with Gasteiger partial charge in [0.1, 0.15) is 5.75 Å². The second-order valence-corrected chi connectivity index (χ2v) is 13.6. The largest absolute Gasteiger partial charge is 0.428 e. The summed E-state index contributed by atoms with van der Waals surface area (Å²) in [6, 6.07) is 14.8. The third kappa shape index (κ3) is 4.47. The molecule has 0 saturated heterocycles. The van der Waals surface area contributed by atoms with Crippen molar-refractivity contribution < 1.29 is 9.53 Å². The van der Waals surface area contributed by atoms with E-state index in [1.807, 2.05) is 18.3 Å². The monoisotopic (exact) mass is 552 g/mol. The number of fused-ring (bicyclic) bond motifs is 1. The van der Waals surface area contributed by atoms with Gasteiger partial charge in [-0.05, 0) is 83.6 Å². The van der Waals surface area contributed by atoms with E-state index in [-0.39, 0.29) is 10.8 Å². The molecule has 5 heteroatoms. The number of rotatable bonds is 6. The maximum absolute atomic E-state index is 12.0. The number of carbonyl (C=O) groups excluding carboxylic acids is 1. The van der Waals surface area contributed by atoms with Crippen molar-refractivity contribution >= 4 is 53.0 Å². The third-order valence-corrected chi connectivity index (χ3v) is 10.0. The minimum absolute atomic E-state index is 0.0407. The third-order valence-electron chi connectivity index (χ3n) is 9.65. The molecule has 0 amide bonds. The molecular weight excluding hydrogens is 512 g/mol. The van der Waals surface area contributed by atoms with Crippen LogP contribution in [0.4, 0.5) is 11.4 Å². The highest BCUT2D eigenvalue weighted by Gasteiger charge is 2.44. The first-order valence-corrected chi connectivity index (χ1v) is 15.1. The fourth-order valence-corrected chi connectivity index (χ4v) is 7.24. The van der Waals surface area contributed by atoms with Crippen LogP contribution in [0.3, 0.4) is 0 Å². The molecule has 2 heterocycles. The van der Waals surface area contributed by atoms with Gasteiger partial charge in [0.2, 0.25) is 0 Å². The maximum atomic E-state index is 12.0. The quantitative estimate of drug-likeness (QED) is 0.189. The van der Waals surface area contributed by atoms with Crippen LogP contribution in [0.1, 0.15) is 83.4 Å². The minimum atomic E-state index is -0.0983. The van der Waals surface area contributed by atoms with Crippen LogP contribution in [-0.2, 0) is 15.6 Å². The Labute approximate surface area is 243 Å². The van der Waals surface area contributed by atoms with Crippen molar-refractivity contribution in [2.75, 3.05) is 18.0 Å². The summed E-state index contributed by atoms with van der Waals surface area (Å²) in [4.78, 5) is 20.4. The van der Waals surface area contributed by atoms with Crippen LogP contribution in [0.5, 0.6) is 5.75 Å². The molecule has 4 nitrogen and oxygen atoms in total. The molecule has 3 aliphatic rings. The number of allylic oxidation sites excluding steroid dienone is 2. The smallest absolute Gasteiger partial charge is 0.298 e. The average Bonchev–Trinajstić information content (AvgIpc) is 2.89. The van der Waals surface area contributed by atoms with Crippen molar-refractivity contribution in [3.05, 3.63) is 64.7 Å². The Morgan fingerprint density at radius 3 is 2.48 bits per heavy atom. The lowest BCUT2D eigenvalue weighted by atomic mass is 9.66. The van der Waals surface area contributed by atoms with E-state index >= 15 is 0 Å². The van der Waals surface area contributed by atoms with Gasteiger partial charge in [0.05, 0.1) is 5.69 Å². The second kappa shape index (κ2) is 10.1. The van der Waals surface area contributed by atoms with Crippen LogP contribution in [0, 0.1) is 5.92 Å². The fourth-order valence-electron chi connectivity index (χ4n) is 6.98. The van der Waals surface area contributed by atoms with Gasteiger partial charge in [0.25, 0.3) is 6.47 Å². The summed E-state index contributed by atoms with van der Waals surface area (Å²) < 4.78 is 6.00. The molecule has 0 bridgehead atoms. The van der Waals surface area contributed by atoms with Gasteiger partial charge in [-0.3, -0.25) is 9.79 Å². The fraction of sp³-hybridized carbons (Fsp3) is 0.429. The molecule has 0 atom stereocenters. The average molecular weight is 553 g/mol. The first-order valence-electron chi connectivity index (χ1n) is 14.7. The van der Waals surface area contributed by atoms with Gasteiger partial charge in [0, 0.05) is 46.4 Å². The SMILES string of the molecule is C/C(C=Nc1c(S)ccc2ccccc12)=C(\c1cc2c3c(c1OC=O)C(C)(C)CCN3CCC2(C)C)C1CCC1. The number of anilines is 1. The van der Waals surface area contributed by atoms with Crippen LogP contribution in [0.25, 0.3) is 16.3 Å². The molecule has 1 aliphatic carbocycles. The number of nitrogens with zero attached hydrogens (tertiary/aromatic N) is 2. The van der Waals surface area contributed by atoms with E-state index in [4.69, 9.17) is 22.4 Å². The van der Waals surface area contributed by atoms with Gasteiger partial charge in [0.15, 0.2) is 0 Å². The Bertz CT molecular complexity index is 1560. The summed E-state index contributed by atoms with van der Waals surface area (Å²) in [5.74, 6) is 1.17. The van der Waals surface area contributed by atoms with E-state index in [1.54, 1.807) is 0 Å².